The summed E-state index contributed by atoms with van der Waals surface area (Å²) in [6.07, 6.45) is 9.29. The summed E-state index contributed by atoms with van der Waals surface area (Å²) in [5, 5.41) is 3.19. The average Bonchev–Trinajstić information content (AvgIpc) is 2.67. The van der Waals surface area contributed by atoms with Crippen molar-refractivity contribution in [3.63, 3.8) is 0 Å². The molecule has 0 unspecified atom stereocenters. The number of rotatable bonds is 3. The summed E-state index contributed by atoms with van der Waals surface area (Å²) in [5.41, 5.74) is 1.73. The first-order chi connectivity index (χ1) is 13.5. The van der Waals surface area contributed by atoms with Gasteiger partial charge in [-0.25, -0.2) is 0 Å². The second kappa shape index (κ2) is 6.89. The number of amides is 2. The lowest BCUT2D eigenvalue weighted by Gasteiger charge is -2.57. The van der Waals surface area contributed by atoms with Crippen molar-refractivity contribution in [1.82, 2.24) is 10.2 Å². The summed E-state index contributed by atoms with van der Waals surface area (Å²) in [6.45, 7) is 3.56. The zero-order valence-corrected chi connectivity index (χ0v) is 17.0. The van der Waals surface area contributed by atoms with Crippen LogP contribution in [0.3, 0.4) is 0 Å². The first kappa shape index (κ1) is 18.2. The van der Waals surface area contributed by atoms with Crippen LogP contribution in [0.5, 0.6) is 0 Å². The van der Waals surface area contributed by atoms with E-state index in [4.69, 9.17) is 0 Å². The molecule has 1 saturated heterocycles. The Bertz CT molecular complexity index is 743. The first-order valence-electron chi connectivity index (χ1n) is 11.2. The molecule has 4 nitrogen and oxygen atoms in total. The number of carbonyl (C=O) groups excluding carboxylic acids is 2. The van der Waals surface area contributed by atoms with Gasteiger partial charge in [-0.1, -0.05) is 18.2 Å². The highest BCUT2D eigenvalue weighted by atomic mass is 16.2. The largest absolute Gasteiger partial charge is 0.349 e. The summed E-state index contributed by atoms with van der Waals surface area (Å²) < 4.78 is 0. The van der Waals surface area contributed by atoms with Crippen molar-refractivity contribution < 1.29 is 9.59 Å². The van der Waals surface area contributed by atoms with E-state index in [9.17, 15) is 9.59 Å². The molecule has 150 valence electrons. The van der Waals surface area contributed by atoms with Crippen molar-refractivity contribution >= 4 is 11.8 Å². The maximum Gasteiger partial charge on any atom is 0.251 e. The number of hydrogen-bond donors (Lipinski definition) is 1. The van der Waals surface area contributed by atoms with Gasteiger partial charge < -0.3 is 10.2 Å². The van der Waals surface area contributed by atoms with Gasteiger partial charge in [0.05, 0.1) is 5.41 Å². The van der Waals surface area contributed by atoms with Crippen LogP contribution in [-0.2, 0) is 4.79 Å². The molecule has 1 aromatic carbocycles. The average molecular weight is 381 g/mol. The molecule has 0 radical (unpaired) electrons. The van der Waals surface area contributed by atoms with Crippen LogP contribution in [0.15, 0.2) is 24.3 Å². The van der Waals surface area contributed by atoms with Crippen molar-refractivity contribution in [2.45, 2.75) is 64.3 Å². The van der Waals surface area contributed by atoms with E-state index in [1.807, 2.05) is 31.2 Å². The minimum absolute atomic E-state index is 0.0176. The minimum atomic E-state index is -0.0357. The zero-order chi connectivity index (χ0) is 19.3. The predicted octanol–water partition coefficient (Wildman–Crippen LogP) is 3.93. The molecule has 1 heterocycles. The fraction of sp³-hybridized carbons (Fsp3) is 0.667. The molecule has 4 bridgehead atoms. The first-order valence-corrected chi connectivity index (χ1v) is 11.2. The molecular formula is C24H32N2O2. The third-order valence-corrected chi connectivity index (χ3v) is 8.00. The lowest BCUT2D eigenvalue weighted by molar-refractivity contribution is -0.158. The number of piperidine rings is 1. The Morgan fingerprint density at radius 2 is 1.54 bits per heavy atom. The molecule has 4 heteroatoms. The SMILES string of the molecule is Cc1ccccc1C(=O)NC1CCN(C(=O)C23CC4CC(CC(C4)C2)C3)CC1. The summed E-state index contributed by atoms with van der Waals surface area (Å²) in [7, 11) is 0. The quantitative estimate of drug-likeness (QED) is 0.864. The molecule has 1 aromatic rings. The van der Waals surface area contributed by atoms with Gasteiger partial charge in [0.1, 0.15) is 0 Å². The Labute approximate surface area is 168 Å². The Kier molecular flexibility index (Phi) is 4.48. The molecule has 1 aliphatic heterocycles. The van der Waals surface area contributed by atoms with Crippen LogP contribution in [-0.4, -0.2) is 35.8 Å². The van der Waals surface area contributed by atoms with Gasteiger partial charge >= 0.3 is 0 Å². The number of aryl methyl sites for hydroxylation is 1. The highest BCUT2D eigenvalue weighted by Crippen LogP contribution is 2.60. The fourth-order valence-electron chi connectivity index (χ4n) is 7.03. The van der Waals surface area contributed by atoms with Crippen molar-refractivity contribution in [1.29, 1.82) is 0 Å². The smallest absolute Gasteiger partial charge is 0.251 e. The standard InChI is InChI=1S/C24H32N2O2/c1-16-4-2-3-5-21(16)22(27)25-20-6-8-26(9-7-20)23(28)24-13-17-10-18(14-24)12-19(11-17)15-24/h2-5,17-20H,6-15H2,1H3,(H,25,27). The number of nitrogens with zero attached hydrogens (tertiary/aromatic N) is 1. The molecule has 4 saturated carbocycles. The lowest BCUT2D eigenvalue weighted by atomic mass is 9.49. The van der Waals surface area contributed by atoms with Crippen LogP contribution < -0.4 is 5.32 Å². The van der Waals surface area contributed by atoms with Gasteiger partial charge in [0.15, 0.2) is 0 Å². The molecule has 2 amide bonds. The highest BCUT2D eigenvalue weighted by molar-refractivity contribution is 5.95. The summed E-state index contributed by atoms with van der Waals surface area (Å²) in [5.74, 6) is 2.88. The van der Waals surface area contributed by atoms with Crippen LogP contribution in [0.1, 0.15) is 67.3 Å². The number of nitrogens with one attached hydrogen (secondary N) is 1. The Hall–Kier alpha value is -1.84. The third kappa shape index (κ3) is 3.15. The van der Waals surface area contributed by atoms with Gasteiger partial charge in [0.25, 0.3) is 5.91 Å². The molecule has 0 aromatic heterocycles. The van der Waals surface area contributed by atoms with Gasteiger partial charge in [-0.2, -0.15) is 0 Å². The second-order valence-corrected chi connectivity index (χ2v) is 10.1. The van der Waals surface area contributed by atoms with Crippen molar-refractivity contribution in [3.05, 3.63) is 35.4 Å². The normalized spacial score (nSPS) is 34.5. The molecule has 0 spiro atoms. The highest BCUT2D eigenvalue weighted by Gasteiger charge is 2.55. The predicted molar refractivity (Wildman–Crippen MR) is 109 cm³/mol. The molecule has 0 atom stereocenters. The number of hydrogen-bond acceptors (Lipinski definition) is 2. The molecule has 4 aliphatic carbocycles. The van der Waals surface area contributed by atoms with E-state index in [0.717, 1.165) is 74.1 Å². The van der Waals surface area contributed by atoms with E-state index >= 15 is 0 Å². The number of likely N-dealkylation sites (tertiary alicyclic amines) is 1. The van der Waals surface area contributed by atoms with Crippen molar-refractivity contribution in [2.24, 2.45) is 23.2 Å². The van der Waals surface area contributed by atoms with E-state index in [0.29, 0.717) is 5.91 Å². The Morgan fingerprint density at radius 1 is 0.964 bits per heavy atom. The molecule has 28 heavy (non-hydrogen) atoms. The molecule has 6 rings (SSSR count). The third-order valence-electron chi connectivity index (χ3n) is 8.00. The van der Waals surface area contributed by atoms with E-state index < -0.39 is 0 Å². The Balaban J connectivity index is 1.19. The van der Waals surface area contributed by atoms with Gasteiger partial charge in [0.2, 0.25) is 5.91 Å². The van der Waals surface area contributed by atoms with E-state index in [2.05, 4.69) is 10.2 Å². The molecule has 5 fully saturated rings. The summed E-state index contributed by atoms with van der Waals surface area (Å²) in [4.78, 5) is 28.2. The van der Waals surface area contributed by atoms with Crippen LogP contribution in [0, 0.1) is 30.1 Å². The fourth-order valence-corrected chi connectivity index (χ4v) is 7.03. The number of benzene rings is 1. The van der Waals surface area contributed by atoms with Crippen LogP contribution in [0.2, 0.25) is 0 Å². The molecule has 1 N–H and O–H groups in total. The minimum Gasteiger partial charge on any atom is -0.349 e. The van der Waals surface area contributed by atoms with E-state index in [1.165, 1.54) is 19.3 Å². The maximum atomic E-state index is 13.5. The second-order valence-electron chi connectivity index (χ2n) is 10.1. The lowest BCUT2D eigenvalue weighted by Crippen LogP contribution is -2.56. The van der Waals surface area contributed by atoms with Gasteiger partial charge in [-0.05, 0) is 87.7 Å². The van der Waals surface area contributed by atoms with Crippen LogP contribution >= 0.6 is 0 Å². The molecular weight excluding hydrogens is 348 g/mol. The van der Waals surface area contributed by atoms with Crippen molar-refractivity contribution in [2.75, 3.05) is 13.1 Å². The van der Waals surface area contributed by atoms with Gasteiger partial charge in [-0.15, -0.1) is 0 Å². The summed E-state index contributed by atoms with van der Waals surface area (Å²) >= 11 is 0. The number of carbonyl (C=O) groups is 2. The van der Waals surface area contributed by atoms with E-state index in [-0.39, 0.29) is 17.4 Å². The van der Waals surface area contributed by atoms with E-state index in [1.54, 1.807) is 0 Å². The monoisotopic (exact) mass is 380 g/mol. The van der Waals surface area contributed by atoms with Gasteiger partial charge in [-0.3, -0.25) is 9.59 Å². The van der Waals surface area contributed by atoms with Crippen LogP contribution in [0.25, 0.3) is 0 Å². The van der Waals surface area contributed by atoms with Crippen LogP contribution in [0.4, 0.5) is 0 Å². The zero-order valence-electron chi connectivity index (χ0n) is 17.0. The van der Waals surface area contributed by atoms with Gasteiger partial charge in [0, 0.05) is 24.7 Å². The maximum absolute atomic E-state index is 13.5. The van der Waals surface area contributed by atoms with Crippen molar-refractivity contribution in [3.8, 4) is 0 Å². The Morgan fingerprint density at radius 3 is 2.11 bits per heavy atom. The topological polar surface area (TPSA) is 49.4 Å². The molecule has 5 aliphatic rings. The summed E-state index contributed by atoms with van der Waals surface area (Å²) in [6, 6.07) is 7.90.